The Morgan fingerprint density at radius 3 is 2.25 bits per heavy atom. The maximum absolute atomic E-state index is 5.02. The van der Waals surface area contributed by atoms with Gasteiger partial charge in [0.1, 0.15) is 0 Å². The van der Waals surface area contributed by atoms with Gasteiger partial charge in [0.25, 0.3) is 0 Å². The molecule has 0 aromatic heterocycles. The molecule has 1 rings (SSSR count). The first-order valence-corrected chi connectivity index (χ1v) is 4.65. The molecule has 1 aliphatic heterocycles. The van der Waals surface area contributed by atoms with Crippen LogP contribution < -0.4 is 5.84 Å². The smallest absolute Gasteiger partial charge is 0.218 e. The van der Waals surface area contributed by atoms with Crippen molar-refractivity contribution in [3.8, 4) is 0 Å². The van der Waals surface area contributed by atoms with E-state index in [1.54, 1.807) is 0 Å². The summed E-state index contributed by atoms with van der Waals surface area (Å²) in [4.78, 5) is 2.07. The largest absolute Gasteiger partial charge is 0.346 e. The van der Waals surface area contributed by atoms with Crippen molar-refractivity contribution >= 4 is 17.3 Å². The lowest BCUT2D eigenvalue weighted by Crippen LogP contribution is -2.28. The predicted octanol–water partition coefficient (Wildman–Crippen LogP) is 1.47. The standard InChI is InChI=1S/C7H14N4S/c8-10-9-7(12)11-5-3-1-2-4-6-11/h1-6H2,(H2,8,9,12). The van der Waals surface area contributed by atoms with E-state index in [1.807, 2.05) is 0 Å². The molecule has 4 nitrogen and oxygen atoms in total. The zero-order valence-corrected chi connectivity index (χ0v) is 7.89. The molecule has 0 aromatic rings. The van der Waals surface area contributed by atoms with Gasteiger partial charge in [-0.2, -0.15) is 0 Å². The van der Waals surface area contributed by atoms with Crippen molar-refractivity contribution in [2.75, 3.05) is 13.1 Å². The molecule has 1 aliphatic rings. The molecule has 0 saturated carbocycles. The van der Waals surface area contributed by atoms with E-state index < -0.39 is 0 Å². The average Bonchev–Trinajstić information content (AvgIpc) is 2.32. The van der Waals surface area contributed by atoms with Crippen molar-refractivity contribution in [2.24, 2.45) is 16.2 Å². The van der Waals surface area contributed by atoms with Crippen molar-refractivity contribution in [3.63, 3.8) is 0 Å². The topological polar surface area (TPSA) is 54.0 Å². The van der Waals surface area contributed by atoms with E-state index in [9.17, 15) is 0 Å². The summed E-state index contributed by atoms with van der Waals surface area (Å²) < 4.78 is 0. The van der Waals surface area contributed by atoms with Crippen LogP contribution in [0, 0.1) is 0 Å². The molecule has 0 aliphatic carbocycles. The second-order valence-corrected chi connectivity index (χ2v) is 3.26. The quantitative estimate of drug-likeness (QED) is 0.270. The molecule has 12 heavy (non-hydrogen) atoms. The van der Waals surface area contributed by atoms with Crippen molar-refractivity contribution < 1.29 is 0 Å². The lowest BCUT2D eigenvalue weighted by Gasteiger charge is -2.18. The van der Waals surface area contributed by atoms with Crippen LogP contribution in [0.5, 0.6) is 0 Å². The van der Waals surface area contributed by atoms with E-state index in [4.69, 9.17) is 18.1 Å². The highest BCUT2D eigenvalue weighted by Crippen LogP contribution is 2.10. The minimum atomic E-state index is 0.527. The maximum Gasteiger partial charge on any atom is 0.218 e. The number of thiocarbonyl (C=S) groups is 1. The molecule has 0 unspecified atom stereocenters. The minimum Gasteiger partial charge on any atom is -0.346 e. The summed E-state index contributed by atoms with van der Waals surface area (Å²) in [6, 6.07) is 0. The van der Waals surface area contributed by atoms with E-state index in [-0.39, 0.29) is 0 Å². The van der Waals surface area contributed by atoms with Crippen LogP contribution >= 0.6 is 12.2 Å². The maximum atomic E-state index is 5.02. The number of nitrogens with two attached hydrogens (primary N) is 1. The van der Waals surface area contributed by atoms with Crippen molar-refractivity contribution in [1.82, 2.24) is 4.90 Å². The van der Waals surface area contributed by atoms with Crippen LogP contribution in [-0.4, -0.2) is 23.1 Å². The van der Waals surface area contributed by atoms with Gasteiger partial charge in [-0.15, -0.1) is 5.11 Å². The highest BCUT2D eigenvalue weighted by Gasteiger charge is 2.10. The summed E-state index contributed by atoms with van der Waals surface area (Å²) in [6.07, 6.45) is 4.97. The molecule has 0 radical (unpaired) electrons. The van der Waals surface area contributed by atoms with Gasteiger partial charge < -0.3 is 10.7 Å². The van der Waals surface area contributed by atoms with Gasteiger partial charge in [-0.3, -0.25) is 0 Å². The number of likely N-dealkylation sites (tertiary alicyclic amines) is 1. The molecule has 0 aromatic carbocycles. The normalized spacial score (nSPS) is 19.5. The fourth-order valence-electron chi connectivity index (χ4n) is 1.37. The fourth-order valence-corrected chi connectivity index (χ4v) is 1.60. The molecular formula is C7H14N4S. The molecule has 1 saturated heterocycles. The summed E-state index contributed by atoms with van der Waals surface area (Å²) in [5.41, 5.74) is 0. The van der Waals surface area contributed by atoms with Gasteiger partial charge in [-0.1, -0.05) is 18.1 Å². The van der Waals surface area contributed by atoms with Gasteiger partial charge in [-0.25, -0.2) is 0 Å². The molecule has 1 heterocycles. The molecule has 68 valence electrons. The molecule has 1 fully saturated rings. The SMILES string of the molecule is N/N=N/C(=S)N1CCCCCC1. The Balaban J connectivity index is 2.42. The summed E-state index contributed by atoms with van der Waals surface area (Å²) in [5.74, 6) is 4.92. The van der Waals surface area contributed by atoms with Gasteiger partial charge in [0.2, 0.25) is 5.11 Å². The zero-order chi connectivity index (χ0) is 8.81. The first-order chi connectivity index (χ1) is 5.84. The average molecular weight is 186 g/mol. The first kappa shape index (κ1) is 9.38. The minimum absolute atomic E-state index is 0.527. The molecule has 0 atom stereocenters. The van der Waals surface area contributed by atoms with E-state index in [1.165, 1.54) is 25.7 Å². The number of hydrogen-bond donors (Lipinski definition) is 1. The van der Waals surface area contributed by atoms with Gasteiger partial charge >= 0.3 is 0 Å². The first-order valence-electron chi connectivity index (χ1n) is 4.24. The second-order valence-electron chi connectivity index (χ2n) is 2.90. The zero-order valence-electron chi connectivity index (χ0n) is 7.07. The Hall–Kier alpha value is -0.710. The highest BCUT2D eigenvalue weighted by atomic mass is 32.1. The predicted molar refractivity (Wildman–Crippen MR) is 51.7 cm³/mol. The summed E-state index contributed by atoms with van der Waals surface area (Å²) in [5, 5.41) is 7.36. The van der Waals surface area contributed by atoms with Gasteiger partial charge in [-0.05, 0) is 25.1 Å². The lowest BCUT2D eigenvalue weighted by atomic mass is 10.2. The molecule has 2 N–H and O–H groups in total. The Kier molecular flexibility index (Phi) is 3.93. The van der Waals surface area contributed by atoms with Crippen molar-refractivity contribution in [1.29, 1.82) is 0 Å². The Morgan fingerprint density at radius 2 is 1.75 bits per heavy atom. The number of hydrogen-bond acceptors (Lipinski definition) is 2. The Morgan fingerprint density at radius 1 is 1.17 bits per heavy atom. The van der Waals surface area contributed by atoms with Gasteiger partial charge in [0, 0.05) is 13.1 Å². The van der Waals surface area contributed by atoms with Crippen molar-refractivity contribution in [2.45, 2.75) is 25.7 Å². The fraction of sp³-hybridized carbons (Fsp3) is 0.857. The van der Waals surface area contributed by atoms with Gasteiger partial charge in [0.05, 0.1) is 0 Å². The number of rotatable bonds is 0. The van der Waals surface area contributed by atoms with Crippen LogP contribution in [0.3, 0.4) is 0 Å². The molecule has 0 bridgehead atoms. The van der Waals surface area contributed by atoms with E-state index in [2.05, 4.69) is 15.2 Å². The highest BCUT2D eigenvalue weighted by molar-refractivity contribution is 7.80. The number of nitrogens with zero attached hydrogens (tertiary/aromatic N) is 3. The summed E-state index contributed by atoms with van der Waals surface area (Å²) in [7, 11) is 0. The van der Waals surface area contributed by atoms with E-state index in [0.717, 1.165) is 13.1 Å². The Labute approximate surface area is 77.8 Å². The van der Waals surface area contributed by atoms with Crippen LogP contribution in [0.4, 0.5) is 0 Å². The third kappa shape index (κ3) is 2.73. The lowest BCUT2D eigenvalue weighted by molar-refractivity contribution is 0.436. The summed E-state index contributed by atoms with van der Waals surface area (Å²) >= 11 is 5.02. The van der Waals surface area contributed by atoms with E-state index in [0.29, 0.717) is 5.11 Å². The molecule has 0 spiro atoms. The molecular weight excluding hydrogens is 172 g/mol. The third-order valence-electron chi connectivity index (χ3n) is 2.02. The monoisotopic (exact) mass is 186 g/mol. The van der Waals surface area contributed by atoms with E-state index >= 15 is 0 Å². The molecule has 5 heteroatoms. The molecule has 0 amide bonds. The second kappa shape index (κ2) is 5.03. The van der Waals surface area contributed by atoms with Crippen LogP contribution in [0.2, 0.25) is 0 Å². The van der Waals surface area contributed by atoms with Crippen molar-refractivity contribution in [3.05, 3.63) is 0 Å². The van der Waals surface area contributed by atoms with Gasteiger partial charge in [0.15, 0.2) is 0 Å². The van der Waals surface area contributed by atoms with Crippen LogP contribution in [-0.2, 0) is 0 Å². The Bertz CT molecular complexity index is 172. The van der Waals surface area contributed by atoms with Crippen LogP contribution in [0.1, 0.15) is 25.7 Å². The van der Waals surface area contributed by atoms with Crippen LogP contribution in [0.15, 0.2) is 10.3 Å². The third-order valence-corrected chi connectivity index (χ3v) is 2.36. The van der Waals surface area contributed by atoms with Crippen LogP contribution in [0.25, 0.3) is 0 Å². The summed E-state index contributed by atoms with van der Waals surface area (Å²) in [6.45, 7) is 2.00.